The topological polar surface area (TPSA) is 82.4 Å². The molecule has 3 aromatic rings. The summed E-state index contributed by atoms with van der Waals surface area (Å²) in [5.74, 6) is 0.273. The van der Waals surface area contributed by atoms with Gasteiger partial charge >= 0.3 is 0 Å². The number of carbonyl (C=O) groups is 2. The molecule has 0 fully saturated rings. The second kappa shape index (κ2) is 8.85. The maximum absolute atomic E-state index is 13.5. The van der Waals surface area contributed by atoms with Gasteiger partial charge in [0.25, 0.3) is 5.91 Å². The van der Waals surface area contributed by atoms with Gasteiger partial charge in [-0.1, -0.05) is 36.4 Å². The van der Waals surface area contributed by atoms with Gasteiger partial charge in [0.15, 0.2) is 0 Å². The van der Waals surface area contributed by atoms with Crippen LogP contribution in [0.25, 0.3) is 0 Å². The van der Waals surface area contributed by atoms with E-state index in [1.165, 1.54) is 0 Å². The highest BCUT2D eigenvalue weighted by molar-refractivity contribution is 7.18. The van der Waals surface area contributed by atoms with Crippen LogP contribution in [0.5, 0.6) is 11.5 Å². The number of hydrogen-bond donors (Lipinski definition) is 1. The van der Waals surface area contributed by atoms with Crippen molar-refractivity contribution in [1.29, 1.82) is 5.26 Å². The second-order valence-corrected chi connectivity index (χ2v) is 8.47. The third-order valence-corrected chi connectivity index (χ3v) is 6.88. The van der Waals surface area contributed by atoms with Crippen LogP contribution in [0.1, 0.15) is 51.7 Å². The van der Waals surface area contributed by atoms with Crippen LogP contribution in [0, 0.1) is 18.3 Å². The number of benzene rings is 2. The van der Waals surface area contributed by atoms with Gasteiger partial charge in [0.05, 0.1) is 16.4 Å². The summed E-state index contributed by atoms with van der Waals surface area (Å²) in [5.41, 5.74) is 2.44. The van der Waals surface area contributed by atoms with E-state index in [-0.39, 0.29) is 11.8 Å². The van der Waals surface area contributed by atoms with E-state index in [2.05, 4.69) is 11.4 Å². The maximum Gasteiger partial charge on any atom is 0.264 e. The molecule has 4 rings (SSSR count). The van der Waals surface area contributed by atoms with Crippen molar-refractivity contribution in [3.8, 4) is 17.6 Å². The average molecular weight is 446 g/mol. The minimum atomic E-state index is -0.591. The first kappa shape index (κ1) is 21.6. The van der Waals surface area contributed by atoms with Gasteiger partial charge in [-0.15, -0.1) is 11.3 Å². The number of hydrogen-bond acceptors (Lipinski definition) is 5. The molecule has 0 saturated carbocycles. The molecule has 0 spiro atoms. The summed E-state index contributed by atoms with van der Waals surface area (Å²) >= 11 is 1.16. The highest BCUT2D eigenvalue weighted by Gasteiger charge is 2.33. The van der Waals surface area contributed by atoms with Crippen molar-refractivity contribution in [3.05, 3.63) is 75.7 Å². The van der Waals surface area contributed by atoms with E-state index in [0.717, 1.165) is 22.5 Å². The number of thiophene rings is 1. The lowest BCUT2D eigenvalue weighted by Crippen LogP contribution is -2.30. The summed E-state index contributed by atoms with van der Waals surface area (Å²) in [6.45, 7) is 6.73. The molecular weight excluding hydrogens is 422 g/mol. The van der Waals surface area contributed by atoms with E-state index >= 15 is 0 Å². The monoisotopic (exact) mass is 445 g/mol. The fraction of sp³-hybridized carbons (Fsp3) is 0.240. The first-order valence-electron chi connectivity index (χ1n) is 10.5. The Labute approximate surface area is 191 Å². The molecule has 1 N–H and O–H groups in total. The summed E-state index contributed by atoms with van der Waals surface area (Å²) in [6.07, 6.45) is 0. The smallest absolute Gasteiger partial charge is 0.264 e. The summed E-state index contributed by atoms with van der Waals surface area (Å²) in [6, 6.07) is 17.0. The van der Waals surface area contributed by atoms with E-state index < -0.39 is 5.92 Å². The number of para-hydroxylation sites is 2. The van der Waals surface area contributed by atoms with Gasteiger partial charge in [0, 0.05) is 24.2 Å². The van der Waals surface area contributed by atoms with Gasteiger partial charge in [-0.25, -0.2) is 0 Å². The summed E-state index contributed by atoms with van der Waals surface area (Å²) in [7, 11) is 0. The van der Waals surface area contributed by atoms with Crippen LogP contribution >= 0.6 is 11.3 Å². The molecular formula is C25H23N3O3S. The van der Waals surface area contributed by atoms with Crippen molar-refractivity contribution >= 4 is 28.2 Å². The molecule has 7 heteroatoms. The number of anilines is 1. The Morgan fingerprint density at radius 3 is 2.16 bits per heavy atom. The number of rotatable bonds is 5. The molecule has 0 saturated heterocycles. The van der Waals surface area contributed by atoms with Crippen molar-refractivity contribution in [2.75, 3.05) is 18.4 Å². The molecule has 0 unspecified atom stereocenters. The number of amides is 2. The molecule has 1 aliphatic rings. The molecule has 6 nitrogen and oxygen atoms in total. The fourth-order valence-corrected chi connectivity index (χ4v) is 5.10. The number of ether oxygens (including phenoxy) is 1. The van der Waals surface area contributed by atoms with Crippen molar-refractivity contribution in [1.82, 2.24) is 4.90 Å². The van der Waals surface area contributed by atoms with Gasteiger partial charge in [-0.3, -0.25) is 9.59 Å². The summed E-state index contributed by atoms with van der Waals surface area (Å²) in [5, 5.41) is 13.1. The van der Waals surface area contributed by atoms with Crippen LogP contribution in [-0.2, 0) is 4.79 Å². The molecule has 0 aliphatic carbocycles. The maximum atomic E-state index is 13.5. The van der Waals surface area contributed by atoms with Gasteiger partial charge in [-0.05, 0) is 38.5 Å². The minimum Gasteiger partial charge on any atom is -0.457 e. The number of carbonyl (C=O) groups excluding carboxylic acids is 2. The average Bonchev–Trinajstić information content (AvgIpc) is 3.12. The van der Waals surface area contributed by atoms with Gasteiger partial charge in [0.2, 0.25) is 5.91 Å². The highest BCUT2D eigenvalue weighted by atomic mass is 32.1. The highest BCUT2D eigenvalue weighted by Crippen LogP contribution is 2.45. The number of nitrogens with zero attached hydrogens (tertiary/aromatic N) is 2. The zero-order chi connectivity index (χ0) is 22.8. The molecule has 32 heavy (non-hydrogen) atoms. The SMILES string of the molecule is CCN(CC)C(=O)c1sc(NC(=O)C2c3ccccc3Oc3ccccc32)c(C#N)c1C. The Hall–Kier alpha value is -3.63. The summed E-state index contributed by atoms with van der Waals surface area (Å²) in [4.78, 5) is 28.6. The third-order valence-electron chi connectivity index (χ3n) is 5.68. The Morgan fingerprint density at radius 1 is 1.06 bits per heavy atom. The van der Waals surface area contributed by atoms with Crippen LogP contribution < -0.4 is 10.1 Å². The van der Waals surface area contributed by atoms with E-state index in [0.29, 0.717) is 45.6 Å². The number of fused-ring (bicyclic) bond motifs is 2. The van der Waals surface area contributed by atoms with Crippen molar-refractivity contribution in [2.45, 2.75) is 26.7 Å². The van der Waals surface area contributed by atoms with Crippen LogP contribution in [-0.4, -0.2) is 29.8 Å². The molecule has 0 atom stereocenters. The van der Waals surface area contributed by atoms with Crippen LogP contribution in [0.4, 0.5) is 5.00 Å². The lowest BCUT2D eigenvalue weighted by molar-refractivity contribution is -0.116. The Bertz CT molecular complexity index is 1190. The van der Waals surface area contributed by atoms with Crippen LogP contribution in [0.2, 0.25) is 0 Å². The third kappa shape index (κ3) is 3.63. The lowest BCUT2D eigenvalue weighted by atomic mass is 9.87. The Kier molecular flexibility index (Phi) is 5.97. The molecule has 1 aromatic heterocycles. The van der Waals surface area contributed by atoms with Crippen molar-refractivity contribution in [2.24, 2.45) is 0 Å². The largest absolute Gasteiger partial charge is 0.457 e. The number of nitriles is 1. The zero-order valence-electron chi connectivity index (χ0n) is 18.1. The Balaban J connectivity index is 1.72. The molecule has 2 aromatic carbocycles. The van der Waals surface area contributed by atoms with Crippen LogP contribution in [0.3, 0.4) is 0 Å². The molecule has 0 bridgehead atoms. The zero-order valence-corrected chi connectivity index (χ0v) is 19.0. The first-order chi connectivity index (χ1) is 15.5. The van der Waals surface area contributed by atoms with E-state index in [1.807, 2.05) is 62.4 Å². The predicted octanol–water partition coefficient (Wildman–Crippen LogP) is 5.29. The van der Waals surface area contributed by atoms with Gasteiger partial charge in [-0.2, -0.15) is 5.26 Å². The molecule has 2 heterocycles. The summed E-state index contributed by atoms with van der Waals surface area (Å²) < 4.78 is 5.98. The normalized spacial score (nSPS) is 12.2. The standard InChI is InChI=1S/C25H23N3O3S/c1-4-28(5-2)25(30)22-15(3)18(14-26)24(32-22)27-23(29)21-16-10-6-8-12-19(16)31-20-13-9-7-11-17(20)21/h6-13,21H,4-5H2,1-3H3,(H,27,29). The van der Waals surface area contributed by atoms with Gasteiger partial charge in [0.1, 0.15) is 22.6 Å². The lowest BCUT2D eigenvalue weighted by Gasteiger charge is -2.27. The minimum absolute atomic E-state index is 0.128. The molecule has 162 valence electrons. The van der Waals surface area contributed by atoms with Crippen LogP contribution in [0.15, 0.2) is 48.5 Å². The van der Waals surface area contributed by atoms with E-state index in [1.54, 1.807) is 11.8 Å². The van der Waals surface area contributed by atoms with Crippen molar-refractivity contribution < 1.29 is 14.3 Å². The Morgan fingerprint density at radius 2 is 1.62 bits per heavy atom. The van der Waals surface area contributed by atoms with Gasteiger partial charge < -0.3 is 15.0 Å². The second-order valence-electron chi connectivity index (χ2n) is 7.45. The molecule has 1 aliphatic heterocycles. The quantitative estimate of drug-likeness (QED) is 0.579. The first-order valence-corrected chi connectivity index (χ1v) is 11.3. The number of nitrogens with one attached hydrogen (secondary N) is 1. The predicted molar refractivity (Wildman–Crippen MR) is 124 cm³/mol. The van der Waals surface area contributed by atoms with Crippen molar-refractivity contribution in [3.63, 3.8) is 0 Å². The van der Waals surface area contributed by atoms with E-state index in [9.17, 15) is 14.9 Å². The molecule has 2 amide bonds. The van der Waals surface area contributed by atoms with E-state index in [4.69, 9.17) is 4.74 Å². The molecule has 0 radical (unpaired) electrons. The fourth-order valence-electron chi connectivity index (χ4n) is 3.97.